The van der Waals surface area contributed by atoms with Crippen LogP contribution in [0.3, 0.4) is 0 Å². The highest BCUT2D eigenvalue weighted by Gasteiger charge is 2.07. The first kappa shape index (κ1) is 13.2. The highest BCUT2D eigenvalue weighted by Crippen LogP contribution is 2.24. The Bertz CT molecular complexity index is 1080. The maximum absolute atomic E-state index is 12.1. The molecule has 0 saturated carbocycles. The van der Waals surface area contributed by atoms with Crippen molar-refractivity contribution < 1.29 is 4.42 Å². The number of benzene rings is 1. The van der Waals surface area contributed by atoms with Crippen molar-refractivity contribution in [2.45, 2.75) is 0 Å². The van der Waals surface area contributed by atoms with Crippen LogP contribution in [-0.2, 0) is 0 Å². The molecule has 0 N–H and O–H groups in total. The summed E-state index contributed by atoms with van der Waals surface area (Å²) in [6.07, 6.45) is 3.05. The molecule has 0 aliphatic rings. The molecule has 7 heteroatoms. The Morgan fingerprint density at radius 2 is 2.18 bits per heavy atom. The summed E-state index contributed by atoms with van der Waals surface area (Å²) >= 11 is 7.25. The largest absolute Gasteiger partial charge is 0.457 e. The van der Waals surface area contributed by atoms with Crippen molar-refractivity contribution in [2.24, 2.45) is 0 Å². The lowest BCUT2D eigenvalue weighted by Gasteiger charge is -1.96. The number of hydrogen-bond acceptors (Lipinski definition) is 5. The summed E-state index contributed by atoms with van der Waals surface area (Å²) in [5.74, 6) is 1.29. The molecule has 5 nitrogen and oxygen atoms in total. The molecular formula is C15H8ClN3O2S. The standard InChI is InChI=1S/C15H8ClN3O2S/c16-10-3-1-2-9(6-10)12-5-4-11(21-12)7-13-14(20)19-15(22-13)17-8-18-19/h1-8H. The lowest BCUT2D eigenvalue weighted by molar-refractivity contribution is 0.571. The Morgan fingerprint density at radius 1 is 1.27 bits per heavy atom. The number of nitrogens with zero attached hydrogens (tertiary/aromatic N) is 3. The van der Waals surface area contributed by atoms with Gasteiger partial charge < -0.3 is 4.42 Å². The lowest BCUT2D eigenvalue weighted by Crippen LogP contribution is -2.23. The SMILES string of the molecule is O=c1c(=Cc2ccc(-c3cccc(Cl)c3)o2)sc2ncnn12. The molecule has 0 spiro atoms. The first-order valence-electron chi connectivity index (χ1n) is 6.41. The molecule has 0 aliphatic heterocycles. The fourth-order valence-electron chi connectivity index (χ4n) is 2.13. The zero-order valence-electron chi connectivity index (χ0n) is 11.1. The second-order valence-corrected chi connectivity index (χ2v) is 6.03. The molecule has 0 unspecified atom stereocenters. The second kappa shape index (κ2) is 5.08. The Hall–Kier alpha value is -2.44. The van der Waals surface area contributed by atoms with Crippen LogP contribution >= 0.6 is 22.9 Å². The maximum Gasteiger partial charge on any atom is 0.291 e. The summed E-state index contributed by atoms with van der Waals surface area (Å²) in [6, 6.07) is 11.1. The molecule has 4 aromatic rings. The number of furan rings is 1. The maximum atomic E-state index is 12.1. The Morgan fingerprint density at radius 3 is 3.00 bits per heavy atom. The molecule has 0 bridgehead atoms. The van der Waals surface area contributed by atoms with Gasteiger partial charge in [-0.05, 0) is 24.3 Å². The van der Waals surface area contributed by atoms with E-state index in [1.165, 1.54) is 22.2 Å². The van der Waals surface area contributed by atoms with Gasteiger partial charge in [-0.25, -0.2) is 4.98 Å². The fraction of sp³-hybridized carbons (Fsp3) is 0. The summed E-state index contributed by atoms with van der Waals surface area (Å²) in [5.41, 5.74) is 0.690. The molecule has 22 heavy (non-hydrogen) atoms. The molecular weight excluding hydrogens is 322 g/mol. The van der Waals surface area contributed by atoms with Gasteiger partial charge in [-0.1, -0.05) is 35.1 Å². The van der Waals surface area contributed by atoms with Gasteiger partial charge in [0.05, 0.1) is 0 Å². The third-order valence-electron chi connectivity index (χ3n) is 3.13. The van der Waals surface area contributed by atoms with Gasteiger partial charge >= 0.3 is 0 Å². The van der Waals surface area contributed by atoms with Crippen LogP contribution in [0.15, 0.2) is 51.9 Å². The van der Waals surface area contributed by atoms with Crippen molar-refractivity contribution in [1.29, 1.82) is 0 Å². The van der Waals surface area contributed by atoms with E-state index in [4.69, 9.17) is 16.0 Å². The second-order valence-electron chi connectivity index (χ2n) is 4.58. The summed E-state index contributed by atoms with van der Waals surface area (Å²) in [7, 11) is 0. The van der Waals surface area contributed by atoms with Crippen LogP contribution in [-0.4, -0.2) is 14.6 Å². The van der Waals surface area contributed by atoms with Crippen molar-refractivity contribution in [2.75, 3.05) is 0 Å². The summed E-state index contributed by atoms with van der Waals surface area (Å²) in [6.45, 7) is 0. The molecule has 0 aliphatic carbocycles. The van der Waals surface area contributed by atoms with Gasteiger partial charge in [-0.3, -0.25) is 4.79 Å². The van der Waals surface area contributed by atoms with Crippen LogP contribution in [0.5, 0.6) is 0 Å². The Balaban J connectivity index is 1.78. The average Bonchev–Trinajstić information content (AvgIpc) is 3.20. The van der Waals surface area contributed by atoms with E-state index in [1.54, 1.807) is 12.1 Å². The zero-order valence-corrected chi connectivity index (χ0v) is 12.6. The fourth-order valence-corrected chi connectivity index (χ4v) is 3.19. The van der Waals surface area contributed by atoms with Gasteiger partial charge in [0.2, 0.25) is 4.96 Å². The topological polar surface area (TPSA) is 60.4 Å². The predicted molar refractivity (Wildman–Crippen MR) is 85.1 cm³/mol. The summed E-state index contributed by atoms with van der Waals surface area (Å²) in [5, 5.41) is 4.53. The molecule has 4 rings (SSSR count). The minimum Gasteiger partial charge on any atom is -0.457 e. The van der Waals surface area contributed by atoms with Crippen molar-refractivity contribution in [3.05, 3.63) is 68.4 Å². The van der Waals surface area contributed by atoms with Gasteiger partial charge in [0.1, 0.15) is 22.4 Å². The first-order chi connectivity index (χ1) is 10.7. The quantitative estimate of drug-likeness (QED) is 0.567. The normalized spacial score (nSPS) is 12.3. The van der Waals surface area contributed by atoms with Crippen LogP contribution in [0.25, 0.3) is 22.4 Å². The molecule has 1 aromatic carbocycles. The highest BCUT2D eigenvalue weighted by molar-refractivity contribution is 7.15. The van der Waals surface area contributed by atoms with Crippen LogP contribution < -0.4 is 10.1 Å². The minimum atomic E-state index is -0.196. The molecule has 0 atom stereocenters. The average molecular weight is 330 g/mol. The summed E-state index contributed by atoms with van der Waals surface area (Å²) in [4.78, 5) is 16.7. The van der Waals surface area contributed by atoms with Crippen LogP contribution in [0.4, 0.5) is 0 Å². The van der Waals surface area contributed by atoms with E-state index in [9.17, 15) is 4.79 Å². The van der Waals surface area contributed by atoms with Crippen LogP contribution in [0.1, 0.15) is 5.76 Å². The molecule has 0 saturated heterocycles. The van der Waals surface area contributed by atoms with Crippen LogP contribution in [0.2, 0.25) is 5.02 Å². The van der Waals surface area contributed by atoms with Crippen LogP contribution in [0, 0.1) is 0 Å². The minimum absolute atomic E-state index is 0.196. The van der Waals surface area contributed by atoms with Gasteiger partial charge in [-0.2, -0.15) is 9.61 Å². The number of hydrogen-bond donors (Lipinski definition) is 0. The third-order valence-corrected chi connectivity index (χ3v) is 4.34. The molecule has 108 valence electrons. The number of thiazole rings is 1. The zero-order chi connectivity index (χ0) is 15.1. The van der Waals surface area contributed by atoms with Gasteiger partial charge in [-0.15, -0.1) is 0 Å². The smallest absolute Gasteiger partial charge is 0.291 e. The molecule has 0 radical (unpaired) electrons. The first-order valence-corrected chi connectivity index (χ1v) is 7.60. The van der Waals surface area contributed by atoms with E-state index < -0.39 is 0 Å². The van der Waals surface area contributed by atoms with Crippen molar-refractivity contribution in [3.63, 3.8) is 0 Å². The molecule has 0 fully saturated rings. The van der Waals surface area contributed by atoms with E-state index >= 15 is 0 Å². The van der Waals surface area contributed by atoms with Gasteiger partial charge in [0, 0.05) is 16.7 Å². The predicted octanol–water partition coefficient (Wildman–Crippen LogP) is 2.61. The van der Waals surface area contributed by atoms with Gasteiger partial charge in [0.25, 0.3) is 5.56 Å². The third kappa shape index (κ3) is 2.22. The van der Waals surface area contributed by atoms with Crippen molar-refractivity contribution in [1.82, 2.24) is 14.6 Å². The lowest BCUT2D eigenvalue weighted by atomic mass is 10.2. The van der Waals surface area contributed by atoms with E-state index in [1.807, 2.05) is 30.3 Å². The van der Waals surface area contributed by atoms with E-state index in [0.717, 1.165) is 5.56 Å². The number of fused-ring (bicyclic) bond motifs is 1. The van der Waals surface area contributed by atoms with Crippen molar-refractivity contribution >= 4 is 34.0 Å². The van der Waals surface area contributed by atoms with E-state index in [-0.39, 0.29) is 5.56 Å². The molecule has 3 aromatic heterocycles. The van der Waals surface area contributed by atoms with Crippen molar-refractivity contribution in [3.8, 4) is 11.3 Å². The number of rotatable bonds is 2. The monoisotopic (exact) mass is 329 g/mol. The van der Waals surface area contributed by atoms with E-state index in [0.29, 0.717) is 26.0 Å². The number of aromatic nitrogens is 3. The van der Waals surface area contributed by atoms with E-state index in [2.05, 4.69) is 10.1 Å². The van der Waals surface area contributed by atoms with Gasteiger partial charge in [0.15, 0.2) is 0 Å². The number of halogens is 1. The highest BCUT2D eigenvalue weighted by atomic mass is 35.5. The Labute approximate surface area is 133 Å². The molecule has 3 heterocycles. The Kier molecular flexibility index (Phi) is 3.06. The molecule has 0 amide bonds. The summed E-state index contributed by atoms with van der Waals surface area (Å²) < 4.78 is 7.56.